The first-order valence-electron chi connectivity index (χ1n) is 5.67. The van der Waals surface area contributed by atoms with Crippen molar-refractivity contribution in [1.29, 1.82) is 0 Å². The molecular formula is C11H18N4. The molecule has 2 aliphatic rings. The normalized spacial score (nSPS) is 23.9. The van der Waals surface area contributed by atoms with Gasteiger partial charge in [0.05, 0.1) is 11.7 Å². The van der Waals surface area contributed by atoms with E-state index in [1.807, 2.05) is 0 Å². The lowest BCUT2D eigenvalue weighted by atomic mass is 10.0. The fourth-order valence-electron chi connectivity index (χ4n) is 2.57. The van der Waals surface area contributed by atoms with Crippen LogP contribution in [0.2, 0.25) is 0 Å². The van der Waals surface area contributed by atoms with Crippen LogP contribution in [-0.4, -0.2) is 22.9 Å². The molecule has 0 spiro atoms. The minimum atomic E-state index is -0.0520. The van der Waals surface area contributed by atoms with Gasteiger partial charge in [0, 0.05) is 29.9 Å². The van der Waals surface area contributed by atoms with Crippen LogP contribution in [0.5, 0.6) is 0 Å². The molecule has 2 heterocycles. The van der Waals surface area contributed by atoms with E-state index in [-0.39, 0.29) is 5.54 Å². The van der Waals surface area contributed by atoms with Crippen molar-refractivity contribution in [3.05, 3.63) is 17.0 Å². The Hall–Kier alpha value is -0.870. The van der Waals surface area contributed by atoms with Gasteiger partial charge in [-0.25, -0.2) is 0 Å². The van der Waals surface area contributed by atoms with Crippen LogP contribution in [0, 0.1) is 13.8 Å². The maximum Gasteiger partial charge on any atom is 0.0771 e. The molecule has 3 rings (SSSR count). The van der Waals surface area contributed by atoms with Crippen LogP contribution >= 0.6 is 0 Å². The Balaban J connectivity index is 2.03. The molecule has 0 amide bonds. The second-order valence-electron chi connectivity index (χ2n) is 4.96. The fraction of sp³-hybridized carbons (Fsp3) is 0.727. The van der Waals surface area contributed by atoms with Gasteiger partial charge in [-0.05, 0) is 26.7 Å². The number of hydrogen-bond acceptors (Lipinski definition) is 3. The van der Waals surface area contributed by atoms with Gasteiger partial charge >= 0.3 is 0 Å². The lowest BCUT2D eigenvalue weighted by Gasteiger charge is -2.28. The largest absolute Gasteiger partial charge is 0.321 e. The highest BCUT2D eigenvalue weighted by Crippen LogP contribution is 2.45. The van der Waals surface area contributed by atoms with E-state index < -0.39 is 0 Å². The summed E-state index contributed by atoms with van der Waals surface area (Å²) >= 11 is 0. The van der Waals surface area contributed by atoms with E-state index in [1.54, 1.807) is 0 Å². The summed E-state index contributed by atoms with van der Waals surface area (Å²) in [5, 5.41) is 7.91. The minimum Gasteiger partial charge on any atom is -0.321 e. The zero-order valence-electron chi connectivity index (χ0n) is 9.38. The number of rotatable bonds is 2. The van der Waals surface area contributed by atoms with Gasteiger partial charge in [0.2, 0.25) is 0 Å². The van der Waals surface area contributed by atoms with Crippen molar-refractivity contribution in [3.63, 3.8) is 0 Å². The highest BCUT2D eigenvalue weighted by atomic mass is 15.3. The predicted octanol–water partition coefficient (Wildman–Crippen LogP) is 0.592. The third kappa shape index (κ3) is 1.25. The van der Waals surface area contributed by atoms with Crippen molar-refractivity contribution in [2.24, 2.45) is 5.73 Å². The van der Waals surface area contributed by atoms with Crippen LogP contribution in [0.3, 0.4) is 0 Å². The first kappa shape index (κ1) is 9.36. The summed E-state index contributed by atoms with van der Waals surface area (Å²) in [4.78, 5) is 0. The van der Waals surface area contributed by atoms with Crippen molar-refractivity contribution in [3.8, 4) is 0 Å². The molecule has 1 aliphatic carbocycles. The van der Waals surface area contributed by atoms with Gasteiger partial charge in [0.15, 0.2) is 0 Å². The van der Waals surface area contributed by atoms with Crippen LogP contribution in [-0.2, 0) is 5.54 Å². The number of nitrogens with two attached hydrogens (primary N) is 1. The Morgan fingerprint density at radius 3 is 2.53 bits per heavy atom. The monoisotopic (exact) mass is 206 g/mol. The zero-order chi connectivity index (χ0) is 10.6. The van der Waals surface area contributed by atoms with Crippen LogP contribution in [0.25, 0.3) is 0 Å². The Bertz CT molecular complexity index is 399. The van der Waals surface area contributed by atoms with E-state index in [1.165, 1.54) is 11.3 Å². The molecule has 4 heteroatoms. The molecule has 1 aliphatic heterocycles. The summed E-state index contributed by atoms with van der Waals surface area (Å²) in [5.41, 5.74) is 9.92. The summed E-state index contributed by atoms with van der Waals surface area (Å²) in [6, 6.07) is 0.541. The van der Waals surface area contributed by atoms with E-state index in [0.29, 0.717) is 6.04 Å². The standard InChI is InChI=1S/C11H18N4/c1-7-10(11(12)3-4-11)8(2)15(14-7)9-5-13-6-9/h9,13H,3-6,12H2,1-2H3. The number of hydrogen-bond donors (Lipinski definition) is 2. The van der Waals surface area contributed by atoms with E-state index in [4.69, 9.17) is 5.73 Å². The van der Waals surface area contributed by atoms with Crippen LogP contribution < -0.4 is 11.1 Å². The van der Waals surface area contributed by atoms with Crippen molar-refractivity contribution in [1.82, 2.24) is 15.1 Å². The second kappa shape index (κ2) is 2.83. The number of aryl methyl sites for hydroxylation is 1. The average molecular weight is 206 g/mol. The van der Waals surface area contributed by atoms with Crippen LogP contribution in [0.1, 0.15) is 35.8 Å². The van der Waals surface area contributed by atoms with E-state index in [2.05, 4.69) is 28.9 Å². The molecule has 82 valence electrons. The molecule has 1 aromatic heterocycles. The maximum absolute atomic E-state index is 6.27. The van der Waals surface area contributed by atoms with Gasteiger partial charge < -0.3 is 11.1 Å². The number of nitrogens with zero attached hydrogens (tertiary/aromatic N) is 2. The highest BCUT2D eigenvalue weighted by Gasteiger charge is 2.44. The van der Waals surface area contributed by atoms with Gasteiger partial charge in [0.1, 0.15) is 0 Å². The van der Waals surface area contributed by atoms with Gasteiger partial charge in [-0.1, -0.05) is 0 Å². The first-order valence-corrected chi connectivity index (χ1v) is 5.67. The van der Waals surface area contributed by atoms with E-state index in [9.17, 15) is 0 Å². The molecule has 0 unspecified atom stereocenters. The molecule has 0 radical (unpaired) electrons. The van der Waals surface area contributed by atoms with Gasteiger partial charge in [-0.2, -0.15) is 5.10 Å². The molecular weight excluding hydrogens is 188 g/mol. The smallest absolute Gasteiger partial charge is 0.0771 e. The van der Waals surface area contributed by atoms with E-state index >= 15 is 0 Å². The van der Waals surface area contributed by atoms with Crippen molar-refractivity contribution in [2.45, 2.75) is 38.3 Å². The molecule has 0 bridgehead atoms. The van der Waals surface area contributed by atoms with Crippen molar-refractivity contribution in [2.75, 3.05) is 13.1 Å². The summed E-state index contributed by atoms with van der Waals surface area (Å²) in [5.74, 6) is 0. The third-order valence-corrected chi connectivity index (χ3v) is 3.72. The molecule has 0 aromatic carbocycles. The molecule has 15 heavy (non-hydrogen) atoms. The first-order chi connectivity index (χ1) is 7.12. The summed E-state index contributed by atoms with van der Waals surface area (Å²) in [7, 11) is 0. The zero-order valence-corrected chi connectivity index (χ0v) is 9.38. The quantitative estimate of drug-likeness (QED) is 0.744. The minimum absolute atomic E-state index is 0.0520. The molecule has 3 N–H and O–H groups in total. The molecule has 2 fully saturated rings. The summed E-state index contributed by atoms with van der Waals surface area (Å²) in [6.45, 7) is 6.32. The van der Waals surface area contributed by atoms with Crippen LogP contribution in [0.4, 0.5) is 0 Å². The van der Waals surface area contributed by atoms with Crippen molar-refractivity contribution < 1.29 is 0 Å². The number of nitrogens with one attached hydrogen (secondary N) is 1. The molecule has 0 atom stereocenters. The lowest BCUT2D eigenvalue weighted by Crippen LogP contribution is -2.44. The van der Waals surface area contributed by atoms with Crippen LogP contribution in [0.15, 0.2) is 0 Å². The second-order valence-corrected chi connectivity index (χ2v) is 4.96. The Morgan fingerprint density at radius 1 is 1.40 bits per heavy atom. The topological polar surface area (TPSA) is 55.9 Å². The molecule has 1 saturated heterocycles. The number of aromatic nitrogens is 2. The van der Waals surface area contributed by atoms with Gasteiger partial charge in [-0.15, -0.1) is 0 Å². The molecule has 4 nitrogen and oxygen atoms in total. The Morgan fingerprint density at radius 2 is 2.07 bits per heavy atom. The van der Waals surface area contributed by atoms with Gasteiger partial charge in [0.25, 0.3) is 0 Å². The summed E-state index contributed by atoms with van der Waals surface area (Å²) in [6.07, 6.45) is 2.23. The average Bonchev–Trinajstić information content (AvgIpc) is 2.72. The SMILES string of the molecule is Cc1nn(C2CNC2)c(C)c1C1(N)CC1. The fourth-order valence-corrected chi connectivity index (χ4v) is 2.57. The predicted molar refractivity (Wildman–Crippen MR) is 58.7 cm³/mol. The molecule has 1 saturated carbocycles. The van der Waals surface area contributed by atoms with Crippen molar-refractivity contribution >= 4 is 0 Å². The van der Waals surface area contributed by atoms with Gasteiger partial charge in [-0.3, -0.25) is 4.68 Å². The summed E-state index contributed by atoms with van der Waals surface area (Å²) < 4.78 is 2.16. The Labute approximate surface area is 89.8 Å². The molecule has 1 aromatic rings. The Kier molecular flexibility index (Phi) is 1.77. The third-order valence-electron chi connectivity index (χ3n) is 3.72. The lowest BCUT2D eigenvalue weighted by molar-refractivity contribution is 0.312. The highest BCUT2D eigenvalue weighted by molar-refractivity contribution is 5.37. The maximum atomic E-state index is 6.27. The van der Waals surface area contributed by atoms with E-state index in [0.717, 1.165) is 31.6 Å².